The Morgan fingerprint density at radius 3 is 2.67 bits per heavy atom. The minimum atomic E-state index is -3.03. The Balaban J connectivity index is 1.46. The van der Waals surface area contributed by atoms with Crippen LogP contribution < -0.4 is 10.1 Å². The Hall–Kier alpha value is -3.61. The van der Waals surface area contributed by atoms with Crippen molar-refractivity contribution < 1.29 is 40.7 Å². The predicted octanol–water partition coefficient (Wildman–Crippen LogP) is 5.03. The molecule has 1 unspecified atom stereocenters. The lowest BCUT2D eigenvalue weighted by atomic mass is 10.00. The third kappa shape index (κ3) is 5.15. The third-order valence-electron chi connectivity index (χ3n) is 5.86. The topological polar surface area (TPSA) is 99.4 Å². The molecule has 1 saturated heterocycles. The zero-order valence-corrected chi connectivity index (χ0v) is 18.6. The molecule has 0 spiro atoms. The Kier molecular flexibility index (Phi) is 6.10. The minimum absolute atomic E-state index is 0.00314. The first-order chi connectivity index (χ1) is 17.1. The average molecular weight is 510 g/mol. The fraction of sp³-hybridized carbons (Fsp3) is 0.391. The third-order valence-corrected chi connectivity index (χ3v) is 5.86. The Morgan fingerprint density at radius 2 is 1.94 bits per heavy atom. The number of alkyl halides is 3. The summed E-state index contributed by atoms with van der Waals surface area (Å²) in [5.74, 6) is -6.00. The van der Waals surface area contributed by atoms with Crippen LogP contribution >= 0.6 is 0 Å². The number of amides is 1. The van der Waals surface area contributed by atoms with Gasteiger partial charge >= 0.3 is 0 Å². The van der Waals surface area contributed by atoms with Gasteiger partial charge in [0.05, 0.1) is 17.4 Å². The highest BCUT2D eigenvalue weighted by Gasteiger charge is 2.44. The maximum atomic E-state index is 14.6. The first-order valence-electron chi connectivity index (χ1n) is 11.0. The van der Waals surface area contributed by atoms with E-state index >= 15 is 0 Å². The summed E-state index contributed by atoms with van der Waals surface area (Å²) in [6.45, 7) is -1.12. The lowest BCUT2D eigenvalue weighted by Crippen LogP contribution is -2.31. The summed E-state index contributed by atoms with van der Waals surface area (Å²) in [5.41, 5.74) is -2.10. The van der Waals surface area contributed by atoms with Crippen molar-refractivity contribution in [1.82, 2.24) is 15.1 Å². The summed E-state index contributed by atoms with van der Waals surface area (Å²) in [4.78, 5) is 21.0. The molecule has 1 atom stereocenters. The summed E-state index contributed by atoms with van der Waals surface area (Å²) in [5, 5.41) is 6.04. The van der Waals surface area contributed by atoms with E-state index in [4.69, 9.17) is 14.0 Å². The second-order valence-electron chi connectivity index (χ2n) is 8.72. The molecule has 2 aliphatic rings. The summed E-state index contributed by atoms with van der Waals surface area (Å²) in [7, 11) is 0. The lowest BCUT2D eigenvalue weighted by molar-refractivity contribution is -0.146. The number of carbonyl (C=O) groups is 1. The molecule has 0 radical (unpaired) electrons. The summed E-state index contributed by atoms with van der Waals surface area (Å²) in [6, 6.07) is 3.79. The van der Waals surface area contributed by atoms with E-state index in [1.54, 1.807) is 0 Å². The van der Waals surface area contributed by atoms with Crippen LogP contribution in [0.25, 0.3) is 11.3 Å². The van der Waals surface area contributed by atoms with Crippen LogP contribution in [-0.2, 0) is 4.74 Å². The van der Waals surface area contributed by atoms with E-state index in [0.29, 0.717) is 12.8 Å². The number of aromatic nitrogens is 3. The van der Waals surface area contributed by atoms with Crippen molar-refractivity contribution in [3.05, 3.63) is 53.7 Å². The van der Waals surface area contributed by atoms with Crippen molar-refractivity contribution in [2.75, 3.05) is 18.5 Å². The van der Waals surface area contributed by atoms with Crippen LogP contribution in [0.5, 0.6) is 5.88 Å². The summed E-state index contributed by atoms with van der Waals surface area (Å²) in [6.07, 6.45) is 0.131. The minimum Gasteiger partial charge on any atom is -0.472 e. The van der Waals surface area contributed by atoms with E-state index in [2.05, 4.69) is 20.4 Å². The molecule has 1 aliphatic heterocycles. The fourth-order valence-electron chi connectivity index (χ4n) is 3.68. The Labute approximate surface area is 200 Å². The van der Waals surface area contributed by atoms with Crippen LogP contribution in [0.3, 0.4) is 0 Å². The largest absolute Gasteiger partial charge is 0.472 e. The first-order valence-corrected chi connectivity index (χ1v) is 11.0. The molecule has 190 valence electrons. The molecule has 0 bridgehead atoms. The van der Waals surface area contributed by atoms with E-state index in [-0.39, 0.29) is 47.3 Å². The van der Waals surface area contributed by atoms with Crippen molar-refractivity contribution in [3.8, 4) is 17.1 Å². The highest BCUT2D eigenvalue weighted by Crippen LogP contribution is 2.41. The van der Waals surface area contributed by atoms with Gasteiger partial charge in [0, 0.05) is 12.0 Å². The summed E-state index contributed by atoms with van der Waals surface area (Å²) >= 11 is 0. The molecule has 8 nitrogen and oxygen atoms in total. The van der Waals surface area contributed by atoms with Gasteiger partial charge in [0.1, 0.15) is 48.6 Å². The Morgan fingerprint density at radius 1 is 1.14 bits per heavy atom. The Bertz CT molecular complexity index is 1290. The van der Waals surface area contributed by atoms with Gasteiger partial charge in [0.15, 0.2) is 0 Å². The normalized spacial score (nSPS) is 20.1. The van der Waals surface area contributed by atoms with Crippen LogP contribution in [0.2, 0.25) is 0 Å². The number of carbonyl (C=O) groups excluding carboxylic acids is 1. The zero-order valence-electron chi connectivity index (χ0n) is 18.6. The SMILES string of the molecule is O=C(Nc1c(-c2cc(F)ccc2F)ncnc1C1CCC(F)(F)CO1)c1cc(OCC2(F)CC2)no1. The zero-order chi connectivity index (χ0) is 25.5. The number of nitrogens with one attached hydrogen (secondary N) is 1. The number of hydrogen-bond donors (Lipinski definition) is 1. The summed E-state index contributed by atoms with van der Waals surface area (Å²) < 4.78 is 85.0. The molecule has 2 fully saturated rings. The standard InChI is InChI=1S/C23H19F5N4O4/c24-12-1-2-14(25)13(7-12)18-20(19(30-11-29-18)15-3-4-23(27,28)10-34-15)31-21(33)16-8-17(32-36-16)35-9-22(26)5-6-22/h1-2,7-8,11,15H,3-6,9-10H2,(H,31,33). The van der Waals surface area contributed by atoms with E-state index in [0.717, 1.165) is 30.6 Å². The number of rotatable bonds is 7. The van der Waals surface area contributed by atoms with Crippen molar-refractivity contribution in [2.45, 2.75) is 43.4 Å². The second kappa shape index (κ2) is 9.12. The molecule has 1 amide bonds. The molecule has 1 saturated carbocycles. The van der Waals surface area contributed by atoms with E-state index < -0.39 is 48.3 Å². The number of anilines is 1. The predicted molar refractivity (Wildman–Crippen MR) is 113 cm³/mol. The van der Waals surface area contributed by atoms with Crippen molar-refractivity contribution >= 4 is 11.6 Å². The lowest BCUT2D eigenvalue weighted by Gasteiger charge is -2.29. The molecule has 3 heterocycles. The number of benzene rings is 1. The van der Waals surface area contributed by atoms with Gasteiger partial charge in [0.25, 0.3) is 17.7 Å². The number of halogens is 5. The second-order valence-corrected chi connectivity index (χ2v) is 8.72. The van der Waals surface area contributed by atoms with Gasteiger partial charge in [-0.2, -0.15) is 0 Å². The van der Waals surface area contributed by atoms with Crippen LogP contribution in [0, 0.1) is 11.6 Å². The first kappa shape index (κ1) is 24.1. The van der Waals surface area contributed by atoms with Crippen molar-refractivity contribution in [3.63, 3.8) is 0 Å². The maximum Gasteiger partial charge on any atom is 0.294 e. The number of ether oxygens (including phenoxy) is 2. The van der Waals surface area contributed by atoms with Gasteiger partial charge in [-0.25, -0.2) is 31.9 Å². The molecule has 2 aromatic heterocycles. The molecule has 1 aliphatic carbocycles. The van der Waals surface area contributed by atoms with Crippen LogP contribution in [0.15, 0.2) is 35.1 Å². The van der Waals surface area contributed by atoms with Gasteiger partial charge in [-0.1, -0.05) is 0 Å². The number of nitrogens with zero attached hydrogens (tertiary/aromatic N) is 3. The molecule has 5 rings (SSSR count). The number of hydrogen-bond acceptors (Lipinski definition) is 7. The van der Waals surface area contributed by atoms with Gasteiger partial charge in [-0.05, 0) is 42.6 Å². The molecule has 1 N–H and O–H groups in total. The fourth-order valence-corrected chi connectivity index (χ4v) is 3.68. The highest BCUT2D eigenvalue weighted by atomic mass is 19.3. The van der Waals surface area contributed by atoms with Gasteiger partial charge < -0.3 is 19.3 Å². The molecular formula is C23H19F5N4O4. The average Bonchev–Trinajstić information content (AvgIpc) is 3.38. The van der Waals surface area contributed by atoms with Crippen molar-refractivity contribution in [2.24, 2.45) is 0 Å². The smallest absolute Gasteiger partial charge is 0.294 e. The van der Waals surface area contributed by atoms with Gasteiger partial charge in [-0.3, -0.25) is 4.79 Å². The van der Waals surface area contributed by atoms with Crippen LogP contribution in [0.4, 0.5) is 27.6 Å². The molecule has 3 aromatic rings. The molecular weight excluding hydrogens is 491 g/mol. The van der Waals surface area contributed by atoms with Crippen LogP contribution in [0.1, 0.15) is 48.0 Å². The van der Waals surface area contributed by atoms with E-state index in [9.17, 15) is 26.7 Å². The molecule has 36 heavy (non-hydrogen) atoms. The van der Waals surface area contributed by atoms with Crippen LogP contribution in [-0.4, -0.2) is 45.8 Å². The molecule has 13 heteroatoms. The quantitative estimate of drug-likeness (QED) is 0.445. The monoisotopic (exact) mass is 510 g/mol. The van der Waals surface area contributed by atoms with E-state index in [1.165, 1.54) is 0 Å². The van der Waals surface area contributed by atoms with E-state index in [1.807, 2.05) is 0 Å². The van der Waals surface area contributed by atoms with Crippen molar-refractivity contribution in [1.29, 1.82) is 0 Å². The maximum absolute atomic E-state index is 14.6. The van der Waals surface area contributed by atoms with Gasteiger partial charge in [0.2, 0.25) is 5.76 Å². The molecule has 1 aromatic carbocycles. The highest BCUT2D eigenvalue weighted by molar-refractivity contribution is 6.04. The van der Waals surface area contributed by atoms with Gasteiger partial charge in [-0.15, -0.1) is 0 Å².